The van der Waals surface area contributed by atoms with Crippen LogP contribution in [0, 0.1) is 0 Å². The number of carbonyl (C=O) groups excluding carboxylic acids is 1. The Morgan fingerprint density at radius 1 is 1.24 bits per heavy atom. The monoisotopic (exact) mass is 260 g/mol. The van der Waals surface area contributed by atoms with Crippen LogP contribution in [0.15, 0.2) is 18.2 Å². The van der Waals surface area contributed by atoms with Crippen LogP contribution in [-0.4, -0.2) is 16.3 Å². The van der Waals surface area contributed by atoms with Crippen LogP contribution in [0.1, 0.15) is 16.1 Å². The lowest BCUT2D eigenvalue weighted by atomic mass is 10.1. The standard InChI is InChI=1S/C10H4ClF3N2O/c11-9-15-7-2-1-5(10(12,13)14)3-6(7)8(4-17)16-9/h1-4H. The Kier molecular flexibility index (Phi) is 2.74. The topological polar surface area (TPSA) is 42.9 Å². The quantitative estimate of drug-likeness (QED) is 0.584. The number of aromatic nitrogens is 2. The third-order valence-electron chi connectivity index (χ3n) is 2.14. The van der Waals surface area contributed by atoms with Gasteiger partial charge in [0.25, 0.3) is 0 Å². The molecule has 2 rings (SSSR count). The van der Waals surface area contributed by atoms with Gasteiger partial charge in [0, 0.05) is 5.39 Å². The molecule has 0 saturated carbocycles. The molecule has 0 aliphatic heterocycles. The minimum absolute atomic E-state index is 0.0271. The summed E-state index contributed by atoms with van der Waals surface area (Å²) in [5, 5.41) is -0.154. The molecule has 17 heavy (non-hydrogen) atoms. The molecule has 0 spiro atoms. The number of hydrogen-bond acceptors (Lipinski definition) is 3. The van der Waals surface area contributed by atoms with E-state index in [1.807, 2.05) is 0 Å². The van der Waals surface area contributed by atoms with Crippen molar-refractivity contribution in [1.82, 2.24) is 9.97 Å². The van der Waals surface area contributed by atoms with Crippen LogP contribution < -0.4 is 0 Å². The maximum absolute atomic E-state index is 12.5. The Morgan fingerprint density at radius 3 is 2.53 bits per heavy atom. The zero-order valence-electron chi connectivity index (χ0n) is 8.12. The molecule has 3 nitrogen and oxygen atoms in total. The first-order valence-electron chi connectivity index (χ1n) is 4.41. The summed E-state index contributed by atoms with van der Waals surface area (Å²) < 4.78 is 37.4. The van der Waals surface area contributed by atoms with Gasteiger partial charge in [-0.05, 0) is 29.8 Å². The van der Waals surface area contributed by atoms with E-state index in [-0.39, 0.29) is 21.9 Å². The highest BCUT2D eigenvalue weighted by Crippen LogP contribution is 2.31. The maximum Gasteiger partial charge on any atom is 0.416 e. The Balaban J connectivity index is 2.76. The normalized spacial score (nSPS) is 11.8. The minimum atomic E-state index is -4.48. The lowest BCUT2D eigenvalue weighted by Crippen LogP contribution is -2.05. The van der Waals surface area contributed by atoms with E-state index in [2.05, 4.69) is 9.97 Å². The molecule has 0 aliphatic rings. The largest absolute Gasteiger partial charge is 0.416 e. The highest BCUT2D eigenvalue weighted by Gasteiger charge is 2.30. The molecule has 88 valence electrons. The Morgan fingerprint density at radius 2 is 1.94 bits per heavy atom. The van der Waals surface area contributed by atoms with E-state index >= 15 is 0 Å². The fourth-order valence-electron chi connectivity index (χ4n) is 1.39. The van der Waals surface area contributed by atoms with Gasteiger partial charge in [0.2, 0.25) is 5.28 Å². The third-order valence-corrected chi connectivity index (χ3v) is 2.31. The van der Waals surface area contributed by atoms with Crippen LogP contribution in [-0.2, 0) is 6.18 Å². The highest BCUT2D eigenvalue weighted by molar-refractivity contribution is 6.28. The highest BCUT2D eigenvalue weighted by atomic mass is 35.5. The molecule has 0 atom stereocenters. The van der Waals surface area contributed by atoms with Crippen molar-refractivity contribution in [3.05, 3.63) is 34.7 Å². The second-order valence-corrected chi connectivity index (χ2v) is 3.56. The first kappa shape index (κ1) is 11.8. The van der Waals surface area contributed by atoms with E-state index in [4.69, 9.17) is 11.6 Å². The Hall–Kier alpha value is -1.69. The van der Waals surface area contributed by atoms with Crippen molar-refractivity contribution in [2.75, 3.05) is 0 Å². The molecular weight excluding hydrogens is 257 g/mol. The van der Waals surface area contributed by atoms with Gasteiger partial charge in [0.15, 0.2) is 6.29 Å². The van der Waals surface area contributed by atoms with Gasteiger partial charge >= 0.3 is 6.18 Å². The van der Waals surface area contributed by atoms with E-state index in [0.29, 0.717) is 6.29 Å². The van der Waals surface area contributed by atoms with Crippen LogP contribution in [0.3, 0.4) is 0 Å². The lowest BCUT2D eigenvalue weighted by Gasteiger charge is -2.08. The van der Waals surface area contributed by atoms with Crippen molar-refractivity contribution >= 4 is 28.8 Å². The average Bonchev–Trinajstić information content (AvgIpc) is 2.25. The van der Waals surface area contributed by atoms with Gasteiger partial charge in [0.1, 0.15) is 5.69 Å². The van der Waals surface area contributed by atoms with Crippen molar-refractivity contribution in [2.45, 2.75) is 6.18 Å². The van der Waals surface area contributed by atoms with Gasteiger partial charge in [-0.15, -0.1) is 0 Å². The fourth-order valence-corrected chi connectivity index (χ4v) is 1.57. The molecule has 0 saturated heterocycles. The fraction of sp³-hybridized carbons (Fsp3) is 0.100. The number of benzene rings is 1. The first-order chi connectivity index (χ1) is 7.91. The van der Waals surface area contributed by atoms with Crippen LogP contribution in [0.25, 0.3) is 10.9 Å². The van der Waals surface area contributed by atoms with Gasteiger partial charge in [0.05, 0.1) is 11.1 Å². The molecule has 0 fully saturated rings. The molecule has 0 amide bonds. The second kappa shape index (κ2) is 3.96. The first-order valence-corrected chi connectivity index (χ1v) is 4.79. The second-order valence-electron chi connectivity index (χ2n) is 3.23. The number of halogens is 4. The summed E-state index contributed by atoms with van der Waals surface area (Å²) in [6, 6.07) is 2.86. The molecule has 0 unspecified atom stereocenters. The molecule has 1 aromatic carbocycles. The van der Waals surface area contributed by atoms with E-state index < -0.39 is 11.7 Å². The number of aldehydes is 1. The number of nitrogens with zero attached hydrogens (tertiary/aromatic N) is 2. The zero-order valence-corrected chi connectivity index (χ0v) is 8.88. The Labute approximate surface area is 98.2 Å². The van der Waals surface area contributed by atoms with Crippen molar-refractivity contribution < 1.29 is 18.0 Å². The molecule has 2 aromatic rings. The molecule has 7 heteroatoms. The number of fused-ring (bicyclic) bond motifs is 1. The van der Waals surface area contributed by atoms with Gasteiger partial charge in [-0.1, -0.05) is 0 Å². The predicted molar refractivity (Wildman–Crippen MR) is 54.9 cm³/mol. The minimum Gasteiger partial charge on any atom is -0.296 e. The molecular formula is C10H4ClF3N2O. The summed E-state index contributed by atoms with van der Waals surface area (Å²) in [4.78, 5) is 18.0. The summed E-state index contributed by atoms with van der Waals surface area (Å²) >= 11 is 5.53. The van der Waals surface area contributed by atoms with Crippen molar-refractivity contribution in [3.63, 3.8) is 0 Å². The maximum atomic E-state index is 12.5. The molecule has 0 aliphatic carbocycles. The molecule has 0 N–H and O–H groups in total. The smallest absolute Gasteiger partial charge is 0.296 e. The number of rotatable bonds is 1. The molecule has 0 radical (unpaired) electrons. The van der Waals surface area contributed by atoms with Gasteiger partial charge < -0.3 is 0 Å². The molecule has 1 aromatic heterocycles. The van der Waals surface area contributed by atoms with Crippen LogP contribution in [0.5, 0.6) is 0 Å². The zero-order chi connectivity index (χ0) is 12.6. The summed E-state index contributed by atoms with van der Waals surface area (Å²) in [7, 11) is 0. The van der Waals surface area contributed by atoms with Crippen LogP contribution >= 0.6 is 11.6 Å². The summed E-state index contributed by atoms with van der Waals surface area (Å²) in [6.45, 7) is 0. The van der Waals surface area contributed by atoms with E-state index in [9.17, 15) is 18.0 Å². The summed E-state index contributed by atoms with van der Waals surface area (Å²) in [5.41, 5.74) is -0.828. The van der Waals surface area contributed by atoms with Crippen molar-refractivity contribution in [2.24, 2.45) is 0 Å². The SMILES string of the molecule is O=Cc1nc(Cl)nc2ccc(C(F)(F)F)cc12. The lowest BCUT2D eigenvalue weighted by molar-refractivity contribution is -0.137. The number of carbonyl (C=O) groups is 1. The van der Waals surface area contributed by atoms with E-state index in [0.717, 1.165) is 18.2 Å². The number of hydrogen-bond donors (Lipinski definition) is 0. The van der Waals surface area contributed by atoms with Crippen molar-refractivity contribution in [1.29, 1.82) is 0 Å². The van der Waals surface area contributed by atoms with Gasteiger partial charge in [-0.3, -0.25) is 4.79 Å². The van der Waals surface area contributed by atoms with E-state index in [1.54, 1.807) is 0 Å². The van der Waals surface area contributed by atoms with Gasteiger partial charge in [-0.25, -0.2) is 9.97 Å². The summed E-state index contributed by atoms with van der Waals surface area (Å²) in [5.74, 6) is 0. The number of alkyl halides is 3. The van der Waals surface area contributed by atoms with E-state index in [1.165, 1.54) is 0 Å². The Bertz CT molecular complexity index is 598. The summed E-state index contributed by atoms with van der Waals surface area (Å²) in [6.07, 6.45) is -4.13. The average molecular weight is 261 g/mol. The third kappa shape index (κ3) is 2.21. The predicted octanol–water partition coefficient (Wildman–Crippen LogP) is 3.11. The molecule has 0 bridgehead atoms. The van der Waals surface area contributed by atoms with Gasteiger partial charge in [-0.2, -0.15) is 13.2 Å². The van der Waals surface area contributed by atoms with Crippen LogP contribution in [0.2, 0.25) is 5.28 Å². The van der Waals surface area contributed by atoms with Crippen molar-refractivity contribution in [3.8, 4) is 0 Å². The molecule has 1 heterocycles. The van der Waals surface area contributed by atoms with Crippen LogP contribution in [0.4, 0.5) is 13.2 Å².